The molecule has 0 aromatic heterocycles. The van der Waals surface area contributed by atoms with Gasteiger partial charge in [0.25, 0.3) is 0 Å². The fourth-order valence-electron chi connectivity index (χ4n) is 1.53. The van der Waals surface area contributed by atoms with Crippen molar-refractivity contribution in [2.75, 3.05) is 0 Å². The molecule has 1 aromatic rings. The van der Waals surface area contributed by atoms with Gasteiger partial charge in [0.05, 0.1) is 0 Å². The van der Waals surface area contributed by atoms with Gasteiger partial charge in [0.1, 0.15) is 16.5 Å². The second kappa shape index (κ2) is 6.99. The van der Waals surface area contributed by atoms with Crippen LogP contribution >= 0.6 is 0 Å². The molecule has 0 aliphatic heterocycles. The van der Waals surface area contributed by atoms with Crippen molar-refractivity contribution < 1.29 is 18.9 Å². The van der Waals surface area contributed by atoms with E-state index in [9.17, 15) is 0 Å². The number of nitrogens with one attached hydrogen (secondary N) is 2. The van der Waals surface area contributed by atoms with Crippen LogP contribution in [0.15, 0.2) is 30.3 Å². The van der Waals surface area contributed by atoms with Crippen LogP contribution in [-0.2, 0) is 0 Å². The van der Waals surface area contributed by atoms with Gasteiger partial charge in [-0.15, -0.1) is 12.1 Å². The molecule has 0 amide bonds. The summed E-state index contributed by atoms with van der Waals surface area (Å²) in [5, 5.41) is 0. The molecule has 0 saturated heterocycles. The van der Waals surface area contributed by atoms with Gasteiger partial charge in [0.15, 0.2) is 0 Å². The molecule has 1 rings (SSSR count). The van der Waals surface area contributed by atoms with Crippen molar-refractivity contribution in [3.8, 4) is 0 Å². The maximum atomic E-state index is 3.71. The van der Waals surface area contributed by atoms with Gasteiger partial charge >= 0.3 is 18.9 Å². The monoisotopic (exact) mass is 272 g/mol. The van der Waals surface area contributed by atoms with E-state index in [2.05, 4.69) is 79.6 Å². The third-order valence-corrected chi connectivity index (χ3v) is 4.06. The van der Waals surface area contributed by atoms with Gasteiger partial charge in [0, 0.05) is 0 Å². The zero-order valence-corrected chi connectivity index (χ0v) is 14.9. The standard InChI is InChI=1S/C13H25N2Si2.Li/c1-16(2,3)14-13(15-17(4,5)6)12-10-8-7-9-11-12;/h7-11,14-15H,1-6H3;/q-1;+1. The van der Waals surface area contributed by atoms with Crippen molar-refractivity contribution >= 4 is 16.5 Å². The van der Waals surface area contributed by atoms with E-state index >= 15 is 0 Å². The summed E-state index contributed by atoms with van der Waals surface area (Å²) in [6, 6.07) is 10.6. The molecule has 0 unspecified atom stereocenters. The minimum Gasteiger partial charge on any atom is -0.355 e. The second-order valence-electron chi connectivity index (χ2n) is 6.49. The van der Waals surface area contributed by atoms with Crippen molar-refractivity contribution in [2.45, 2.75) is 39.3 Å². The maximum Gasteiger partial charge on any atom is 1.00 e. The summed E-state index contributed by atoms with van der Waals surface area (Å²) in [4.78, 5) is 7.42. The Bertz CT molecular complexity index is 328. The summed E-state index contributed by atoms with van der Waals surface area (Å²) >= 11 is 0. The first-order valence-corrected chi connectivity index (χ1v) is 13.2. The van der Waals surface area contributed by atoms with Crippen LogP contribution in [0.3, 0.4) is 0 Å². The molecule has 2 N–H and O–H groups in total. The molecule has 0 saturated carbocycles. The zero-order valence-electron chi connectivity index (χ0n) is 12.9. The smallest absolute Gasteiger partial charge is 0.355 e. The first-order chi connectivity index (χ1) is 7.67. The van der Waals surface area contributed by atoms with Crippen LogP contribution in [0.5, 0.6) is 0 Å². The van der Waals surface area contributed by atoms with Gasteiger partial charge in [-0.1, -0.05) is 51.5 Å². The Labute approximate surface area is 126 Å². The van der Waals surface area contributed by atoms with E-state index in [0.29, 0.717) is 0 Å². The first kappa shape index (κ1) is 18.0. The van der Waals surface area contributed by atoms with E-state index < -0.39 is 16.5 Å². The van der Waals surface area contributed by atoms with Gasteiger partial charge in [-0.25, -0.2) is 0 Å². The quantitative estimate of drug-likeness (QED) is 0.598. The zero-order chi connectivity index (χ0) is 13.1. The second-order valence-corrected chi connectivity index (χ2v) is 16.0. The topological polar surface area (TPSA) is 24.1 Å². The summed E-state index contributed by atoms with van der Waals surface area (Å²) in [7, 11) is -2.66. The molecule has 5 heteroatoms. The SMILES string of the molecule is C[Si](C)(C)N[C-](N[Si](C)(C)C)c1ccccc1.[Li+]. The number of rotatable bonds is 5. The van der Waals surface area contributed by atoms with E-state index in [1.807, 2.05) is 0 Å². The van der Waals surface area contributed by atoms with Gasteiger partial charge in [-0.2, -0.15) is 17.7 Å². The van der Waals surface area contributed by atoms with Crippen LogP contribution in [0, 0.1) is 6.17 Å². The molecule has 1 aromatic carbocycles. The first-order valence-electron chi connectivity index (χ1n) is 6.16. The number of hydrogen-bond donors (Lipinski definition) is 2. The van der Waals surface area contributed by atoms with Crippen molar-refractivity contribution in [1.82, 2.24) is 9.96 Å². The molecule has 0 heterocycles. The van der Waals surface area contributed by atoms with Crippen molar-refractivity contribution in [3.05, 3.63) is 42.1 Å². The molecule has 0 spiro atoms. The van der Waals surface area contributed by atoms with Crippen molar-refractivity contribution in [1.29, 1.82) is 0 Å². The molecule has 0 bridgehead atoms. The molecular weight excluding hydrogens is 247 g/mol. The Kier molecular flexibility index (Phi) is 7.01. The third kappa shape index (κ3) is 7.47. The molecule has 18 heavy (non-hydrogen) atoms. The van der Waals surface area contributed by atoms with Crippen molar-refractivity contribution in [2.24, 2.45) is 0 Å². The minimum atomic E-state index is -1.33. The van der Waals surface area contributed by atoms with Crippen LogP contribution in [0.1, 0.15) is 5.56 Å². The number of hydrogen-bond acceptors (Lipinski definition) is 2. The van der Waals surface area contributed by atoms with E-state index in [0.717, 1.165) is 0 Å². The Hall–Kier alpha value is 0.0412. The molecule has 2 nitrogen and oxygen atoms in total. The maximum absolute atomic E-state index is 3.71. The van der Waals surface area contributed by atoms with E-state index in [1.165, 1.54) is 11.7 Å². The Morgan fingerprint density at radius 3 is 1.50 bits per heavy atom. The average Bonchev–Trinajstić information content (AvgIpc) is 2.14. The molecule has 0 aliphatic rings. The Balaban J connectivity index is 0.00000289. The largest absolute Gasteiger partial charge is 1.00 e. The molecular formula is C13H25LiN2Si2. The number of benzene rings is 1. The predicted molar refractivity (Wildman–Crippen MR) is 81.8 cm³/mol. The summed E-state index contributed by atoms with van der Waals surface area (Å²) in [5.41, 5.74) is 1.26. The Morgan fingerprint density at radius 2 is 1.17 bits per heavy atom. The van der Waals surface area contributed by atoms with E-state index in [4.69, 9.17) is 0 Å². The molecule has 0 atom stereocenters. The van der Waals surface area contributed by atoms with Gasteiger partial charge in [-0.05, 0) is 0 Å². The molecule has 0 radical (unpaired) electrons. The van der Waals surface area contributed by atoms with Crippen LogP contribution in [0.4, 0.5) is 0 Å². The fraction of sp³-hybridized carbons (Fsp3) is 0.462. The molecule has 0 fully saturated rings. The minimum absolute atomic E-state index is 0. The summed E-state index contributed by atoms with van der Waals surface area (Å²) in [6.45, 7) is 13.9. The fourth-order valence-corrected chi connectivity index (χ4v) is 3.57. The summed E-state index contributed by atoms with van der Waals surface area (Å²) in [6.07, 6.45) is 1.21. The van der Waals surface area contributed by atoms with Crippen LogP contribution in [0.25, 0.3) is 0 Å². The van der Waals surface area contributed by atoms with Gasteiger partial charge < -0.3 is 9.96 Å². The van der Waals surface area contributed by atoms with Crippen LogP contribution in [-0.4, -0.2) is 16.5 Å². The van der Waals surface area contributed by atoms with Gasteiger partial charge in [-0.3, -0.25) is 0 Å². The van der Waals surface area contributed by atoms with Crippen molar-refractivity contribution in [3.63, 3.8) is 0 Å². The van der Waals surface area contributed by atoms with Gasteiger partial charge in [0.2, 0.25) is 0 Å². The average molecular weight is 272 g/mol. The summed E-state index contributed by atoms with van der Waals surface area (Å²) < 4.78 is 0. The summed E-state index contributed by atoms with van der Waals surface area (Å²) in [5.74, 6) is 0. The Morgan fingerprint density at radius 1 is 0.778 bits per heavy atom. The van der Waals surface area contributed by atoms with E-state index in [-0.39, 0.29) is 18.9 Å². The predicted octanol–water partition coefficient (Wildman–Crippen LogP) is 0.377. The van der Waals surface area contributed by atoms with Crippen LogP contribution in [0.2, 0.25) is 39.3 Å². The molecule has 0 aliphatic carbocycles. The van der Waals surface area contributed by atoms with E-state index in [1.54, 1.807) is 0 Å². The normalized spacial score (nSPS) is 11.9. The molecule has 96 valence electrons. The van der Waals surface area contributed by atoms with Crippen LogP contribution < -0.4 is 28.8 Å². The third-order valence-electron chi connectivity index (χ3n) is 2.06.